The van der Waals surface area contributed by atoms with Gasteiger partial charge in [-0.05, 0) is 41.6 Å². The molecular weight excluding hydrogens is 366 g/mol. The molecule has 138 valence electrons. The third kappa shape index (κ3) is 5.77. The van der Waals surface area contributed by atoms with Crippen molar-refractivity contribution in [1.82, 2.24) is 5.32 Å². The summed E-state index contributed by atoms with van der Waals surface area (Å²) in [5, 5.41) is 5.55. The first-order valence-electron chi connectivity index (χ1n) is 8.33. The van der Waals surface area contributed by atoms with E-state index in [4.69, 9.17) is 9.47 Å². The van der Waals surface area contributed by atoms with Crippen LogP contribution in [0, 0.1) is 6.92 Å². The highest BCUT2D eigenvalue weighted by Crippen LogP contribution is 2.29. The van der Waals surface area contributed by atoms with Crippen LogP contribution in [0.1, 0.15) is 21.6 Å². The number of ether oxygens (including phenoxy) is 2. The molecular formula is C21H23ClNO2S-. The lowest BCUT2D eigenvalue weighted by Gasteiger charge is -2.13. The van der Waals surface area contributed by atoms with Gasteiger partial charge in [-0.25, -0.2) is 0 Å². The molecule has 0 spiro atoms. The fraction of sp³-hybridized carbons (Fsp3) is 0.238. The number of aryl methyl sites for hydroxylation is 1. The Hall–Kier alpha value is -2.01. The highest BCUT2D eigenvalue weighted by Gasteiger charge is 2.07. The monoisotopic (exact) mass is 388 g/mol. The van der Waals surface area contributed by atoms with Gasteiger partial charge in [0.1, 0.15) is 6.61 Å². The lowest BCUT2D eigenvalue weighted by atomic mass is 10.1. The Bertz CT molecular complexity index is 806. The lowest BCUT2D eigenvalue weighted by molar-refractivity contribution is -0.00000564. The molecule has 26 heavy (non-hydrogen) atoms. The molecule has 3 aromatic rings. The lowest BCUT2D eigenvalue weighted by Crippen LogP contribution is -3.00. The number of hydrogen-bond acceptors (Lipinski definition) is 4. The van der Waals surface area contributed by atoms with Crippen LogP contribution in [0.5, 0.6) is 11.5 Å². The molecule has 1 N–H and O–H groups in total. The van der Waals surface area contributed by atoms with Gasteiger partial charge in [0.25, 0.3) is 0 Å². The van der Waals surface area contributed by atoms with Gasteiger partial charge in [0.2, 0.25) is 0 Å². The molecule has 0 radical (unpaired) electrons. The Balaban J connectivity index is 0.00000243. The molecule has 3 rings (SSSR count). The van der Waals surface area contributed by atoms with Crippen LogP contribution in [0.2, 0.25) is 0 Å². The quantitative estimate of drug-likeness (QED) is 0.639. The van der Waals surface area contributed by atoms with Crippen LogP contribution in [-0.4, -0.2) is 7.11 Å². The third-order valence-corrected chi connectivity index (χ3v) is 4.79. The van der Waals surface area contributed by atoms with E-state index in [9.17, 15) is 0 Å². The Kier molecular flexibility index (Phi) is 7.98. The van der Waals surface area contributed by atoms with Crippen LogP contribution < -0.4 is 27.2 Å². The predicted octanol–water partition coefficient (Wildman–Crippen LogP) is 1.94. The van der Waals surface area contributed by atoms with Gasteiger partial charge in [-0.1, -0.05) is 42.0 Å². The second-order valence-electron chi connectivity index (χ2n) is 5.95. The second-order valence-corrected chi connectivity index (χ2v) is 6.98. The first kappa shape index (κ1) is 20.3. The van der Waals surface area contributed by atoms with E-state index in [1.807, 2.05) is 18.2 Å². The molecule has 5 heteroatoms. The number of halogens is 1. The maximum atomic E-state index is 5.94. The van der Waals surface area contributed by atoms with Gasteiger partial charge < -0.3 is 27.2 Å². The molecule has 1 aromatic heterocycles. The third-order valence-electron chi connectivity index (χ3n) is 3.91. The topological polar surface area (TPSA) is 30.5 Å². The molecule has 0 atom stereocenters. The summed E-state index contributed by atoms with van der Waals surface area (Å²) in [7, 11) is 1.68. The molecule has 3 nitrogen and oxygen atoms in total. The Labute approximate surface area is 165 Å². The zero-order valence-electron chi connectivity index (χ0n) is 15.0. The average molecular weight is 389 g/mol. The molecule has 0 aliphatic carbocycles. The van der Waals surface area contributed by atoms with Crippen molar-refractivity contribution in [2.24, 2.45) is 0 Å². The van der Waals surface area contributed by atoms with Crippen LogP contribution in [0.25, 0.3) is 0 Å². The van der Waals surface area contributed by atoms with Gasteiger partial charge in [0, 0.05) is 18.0 Å². The van der Waals surface area contributed by atoms with E-state index < -0.39 is 0 Å². The van der Waals surface area contributed by atoms with Crippen molar-refractivity contribution in [2.45, 2.75) is 26.6 Å². The molecule has 0 saturated carbocycles. The molecule has 1 heterocycles. The molecule has 2 aromatic carbocycles. The Morgan fingerprint density at radius 3 is 2.54 bits per heavy atom. The van der Waals surface area contributed by atoms with E-state index in [-0.39, 0.29) is 12.4 Å². The van der Waals surface area contributed by atoms with Crippen molar-refractivity contribution in [3.63, 3.8) is 0 Å². The van der Waals surface area contributed by atoms with E-state index in [0.29, 0.717) is 6.61 Å². The highest BCUT2D eigenvalue weighted by molar-refractivity contribution is 7.09. The molecule has 0 bridgehead atoms. The van der Waals surface area contributed by atoms with Gasteiger partial charge in [0.05, 0.1) is 7.11 Å². The minimum Gasteiger partial charge on any atom is -1.00 e. The number of thiophene rings is 1. The summed E-state index contributed by atoms with van der Waals surface area (Å²) < 4.78 is 11.4. The van der Waals surface area contributed by atoms with Gasteiger partial charge in [-0.3, -0.25) is 0 Å². The first-order chi connectivity index (χ1) is 12.2. The number of methoxy groups -OCH3 is 1. The molecule has 0 fully saturated rings. The maximum Gasteiger partial charge on any atom is 0.161 e. The van der Waals surface area contributed by atoms with E-state index in [1.54, 1.807) is 18.4 Å². The highest BCUT2D eigenvalue weighted by atomic mass is 35.5. The maximum absolute atomic E-state index is 5.94. The predicted molar refractivity (Wildman–Crippen MR) is 103 cm³/mol. The second kappa shape index (κ2) is 10.2. The van der Waals surface area contributed by atoms with Crippen molar-refractivity contribution >= 4 is 11.3 Å². The molecule has 0 saturated heterocycles. The van der Waals surface area contributed by atoms with Crippen LogP contribution in [0.3, 0.4) is 0 Å². The van der Waals surface area contributed by atoms with Crippen LogP contribution >= 0.6 is 11.3 Å². The van der Waals surface area contributed by atoms with E-state index in [1.165, 1.54) is 16.0 Å². The van der Waals surface area contributed by atoms with Gasteiger partial charge >= 0.3 is 0 Å². The largest absolute Gasteiger partial charge is 1.00 e. The van der Waals surface area contributed by atoms with Crippen LogP contribution in [-0.2, 0) is 19.7 Å². The minimum absolute atomic E-state index is 0. The molecule has 0 unspecified atom stereocenters. The fourth-order valence-electron chi connectivity index (χ4n) is 2.65. The minimum atomic E-state index is 0. The number of nitrogens with one attached hydrogen (secondary N) is 1. The van der Waals surface area contributed by atoms with E-state index in [0.717, 1.165) is 30.2 Å². The van der Waals surface area contributed by atoms with Gasteiger partial charge in [-0.15, -0.1) is 11.3 Å². The summed E-state index contributed by atoms with van der Waals surface area (Å²) in [4.78, 5) is 1.34. The van der Waals surface area contributed by atoms with Crippen LogP contribution in [0.15, 0.2) is 60.0 Å². The van der Waals surface area contributed by atoms with Gasteiger partial charge in [-0.2, -0.15) is 0 Å². The Morgan fingerprint density at radius 2 is 1.81 bits per heavy atom. The van der Waals surface area contributed by atoms with Gasteiger partial charge in [0.15, 0.2) is 11.5 Å². The van der Waals surface area contributed by atoms with Crippen LogP contribution in [0.4, 0.5) is 0 Å². The smallest absolute Gasteiger partial charge is 0.161 e. The summed E-state index contributed by atoms with van der Waals surface area (Å²) in [6.07, 6.45) is 0. The average Bonchev–Trinajstić information content (AvgIpc) is 3.14. The summed E-state index contributed by atoms with van der Waals surface area (Å²) in [6.45, 7) is 4.30. The van der Waals surface area contributed by atoms with E-state index >= 15 is 0 Å². The molecule has 0 amide bonds. The zero-order chi connectivity index (χ0) is 17.5. The van der Waals surface area contributed by atoms with Crippen molar-refractivity contribution in [3.8, 4) is 11.5 Å². The summed E-state index contributed by atoms with van der Waals surface area (Å²) in [6, 6.07) is 18.7. The standard InChI is InChI=1S/C21H23NO2S.ClH/c1-16-5-3-6-18(11-16)15-24-20-9-8-17(12-21(20)23-2)13-22-14-19-7-4-10-25-19;/h3-12,22H,13-15H2,1-2H3;1H/p-1. The summed E-state index contributed by atoms with van der Waals surface area (Å²) in [5.41, 5.74) is 3.57. The van der Waals surface area contributed by atoms with E-state index in [2.05, 4.69) is 54.0 Å². The molecule has 0 aliphatic rings. The first-order valence-corrected chi connectivity index (χ1v) is 9.21. The summed E-state index contributed by atoms with van der Waals surface area (Å²) in [5.74, 6) is 1.54. The Morgan fingerprint density at radius 1 is 0.923 bits per heavy atom. The summed E-state index contributed by atoms with van der Waals surface area (Å²) >= 11 is 1.77. The van der Waals surface area contributed by atoms with Crippen molar-refractivity contribution in [3.05, 3.63) is 81.5 Å². The fourth-order valence-corrected chi connectivity index (χ4v) is 3.32. The van der Waals surface area contributed by atoms with Crippen molar-refractivity contribution in [1.29, 1.82) is 0 Å². The molecule has 0 aliphatic heterocycles. The normalized spacial score (nSPS) is 10.2. The number of benzene rings is 2. The number of hydrogen-bond donors (Lipinski definition) is 1. The number of rotatable bonds is 8. The van der Waals surface area contributed by atoms with Crippen molar-refractivity contribution < 1.29 is 21.9 Å². The zero-order valence-corrected chi connectivity index (χ0v) is 16.6. The SMILES string of the molecule is COc1cc(CNCc2cccs2)ccc1OCc1cccc(C)c1.[Cl-]. The van der Waals surface area contributed by atoms with Crippen molar-refractivity contribution in [2.75, 3.05) is 7.11 Å².